The van der Waals surface area contributed by atoms with Crippen LogP contribution in [0, 0.1) is 12.8 Å². The summed E-state index contributed by atoms with van der Waals surface area (Å²) in [5.41, 5.74) is 1.58. The van der Waals surface area contributed by atoms with Crippen LogP contribution in [-0.4, -0.2) is 28.9 Å². The zero-order valence-corrected chi connectivity index (χ0v) is 11.5. The van der Waals surface area contributed by atoms with E-state index in [1.165, 1.54) is 24.4 Å². The maximum atomic E-state index is 11.6. The van der Waals surface area contributed by atoms with Gasteiger partial charge in [0, 0.05) is 6.61 Å². The van der Waals surface area contributed by atoms with Gasteiger partial charge < -0.3 is 10.1 Å². The zero-order valence-electron chi connectivity index (χ0n) is 10.7. The Kier molecular flexibility index (Phi) is 3.11. The van der Waals surface area contributed by atoms with Crippen LogP contribution >= 0.6 is 11.5 Å². The molecule has 1 N–H and O–H groups in total. The Hall–Kier alpha value is -0.940. The van der Waals surface area contributed by atoms with E-state index >= 15 is 0 Å². The number of nitrogens with zero attached hydrogens (tertiary/aromatic N) is 1. The number of rotatable bonds is 4. The summed E-state index contributed by atoms with van der Waals surface area (Å²) in [7, 11) is 0. The molecule has 5 heteroatoms. The van der Waals surface area contributed by atoms with Gasteiger partial charge in [-0.3, -0.25) is 4.79 Å². The number of aromatic nitrogens is 1. The normalized spacial score (nSPS) is 27.4. The second-order valence-corrected chi connectivity index (χ2v) is 6.01. The largest absolute Gasteiger partial charge is 0.376 e. The summed E-state index contributed by atoms with van der Waals surface area (Å²) in [4.78, 5) is 11.6. The number of anilines is 1. The van der Waals surface area contributed by atoms with Gasteiger partial charge in [0.25, 0.3) is 0 Å². The van der Waals surface area contributed by atoms with Gasteiger partial charge >= 0.3 is 0 Å². The number of carbonyl (C=O) groups excluding carboxylic acids is 1. The Bertz CT molecular complexity index is 468. The van der Waals surface area contributed by atoms with E-state index in [1.807, 2.05) is 6.92 Å². The maximum absolute atomic E-state index is 11.6. The van der Waals surface area contributed by atoms with E-state index in [2.05, 4.69) is 9.69 Å². The lowest BCUT2D eigenvalue weighted by Crippen LogP contribution is -2.31. The average molecular weight is 266 g/mol. The summed E-state index contributed by atoms with van der Waals surface area (Å²) >= 11 is 1.39. The fourth-order valence-corrected chi connectivity index (χ4v) is 3.61. The third-order valence-corrected chi connectivity index (χ3v) is 4.62. The molecule has 1 saturated heterocycles. The van der Waals surface area contributed by atoms with Crippen molar-refractivity contribution in [1.82, 2.24) is 4.37 Å². The number of hydrogen-bond donors (Lipinski definition) is 1. The van der Waals surface area contributed by atoms with Crippen molar-refractivity contribution < 1.29 is 9.53 Å². The van der Waals surface area contributed by atoms with Crippen molar-refractivity contribution in [2.45, 2.75) is 45.3 Å². The highest BCUT2D eigenvalue weighted by molar-refractivity contribution is 7.10. The molecule has 0 spiro atoms. The molecule has 18 heavy (non-hydrogen) atoms. The summed E-state index contributed by atoms with van der Waals surface area (Å²) in [6, 6.07) is 0.343. The highest BCUT2D eigenvalue weighted by Gasteiger charge is 2.41. The van der Waals surface area contributed by atoms with Crippen LogP contribution in [0.4, 0.5) is 5.00 Å². The fourth-order valence-electron chi connectivity index (χ4n) is 2.71. The van der Waals surface area contributed by atoms with Gasteiger partial charge in [0.2, 0.25) is 0 Å². The second-order valence-electron chi connectivity index (χ2n) is 5.24. The van der Waals surface area contributed by atoms with E-state index in [0.29, 0.717) is 12.1 Å². The quantitative estimate of drug-likeness (QED) is 0.851. The van der Waals surface area contributed by atoms with Crippen LogP contribution in [0.3, 0.4) is 0 Å². The predicted octanol–water partition coefficient (Wildman–Crippen LogP) is 2.63. The summed E-state index contributed by atoms with van der Waals surface area (Å²) in [6.45, 7) is 4.32. The Morgan fingerprint density at radius 1 is 1.44 bits per heavy atom. The molecule has 1 aliphatic carbocycles. The summed E-state index contributed by atoms with van der Waals surface area (Å²) in [5.74, 6) is 0.811. The Morgan fingerprint density at radius 3 is 2.89 bits per heavy atom. The monoisotopic (exact) mass is 266 g/mol. The number of Topliss-reactive ketones (excluding diaryl/α,β-unsaturated/α-hetero) is 1. The predicted molar refractivity (Wildman–Crippen MR) is 71.3 cm³/mol. The molecule has 1 saturated carbocycles. The van der Waals surface area contributed by atoms with Crippen LogP contribution in [0.2, 0.25) is 0 Å². The molecule has 0 bridgehead atoms. The van der Waals surface area contributed by atoms with Gasteiger partial charge in [-0.1, -0.05) is 0 Å². The van der Waals surface area contributed by atoms with E-state index in [0.717, 1.165) is 35.2 Å². The van der Waals surface area contributed by atoms with Crippen molar-refractivity contribution >= 4 is 22.3 Å². The molecular weight excluding hydrogens is 248 g/mol. The molecule has 98 valence electrons. The Balaban J connectivity index is 1.77. The average Bonchev–Trinajstić information content (AvgIpc) is 2.95. The van der Waals surface area contributed by atoms with E-state index in [1.54, 1.807) is 6.92 Å². The highest BCUT2D eigenvalue weighted by atomic mass is 32.1. The first-order valence-corrected chi connectivity index (χ1v) is 7.29. The van der Waals surface area contributed by atoms with Gasteiger partial charge in [-0.15, -0.1) is 0 Å². The Morgan fingerprint density at radius 2 is 2.22 bits per heavy atom. The first-order chi connectivity index (χ1) is 8.66. The van der Waals surface area contributed by atoms with Gasteiger partial charge in [-0.05, 0) is 50.6 Å². The van der Waals surface area contributed by atoms with E-state index < -0.39 is 0 Å². The molecule has 1 aromatic heterocycles. The van der Waals surface area contributed by atoms with Crippen LogP contribution in [0.5, 0.6) is 0 Å². The van der Waals surface area contributed by atoms with Gasteiger partial charge in [0.1, 0.15) is 5.00 Å². The molecule has 3 rings (SSSR count). The summed E-state index contributed by atoms with van der Waals surface area (Å²) in [6.07, 6.45) is 3.91. The third-order valence-electron chi connectivity index (χ3n) is 3.75. The molecule has 2 unspecified atom stereocenters. The number of hydrogen-bond acceptors (Lipinski definition) is 5. The van der Waals surface area contributed by atoms with E-state index in [9.17, 15) is 4.79 Å². The summed E-state index contributed by atoms with van der Waals surface area (Å²) < 4.78 is 10.1. The molecule has 0 radical (unpaired) electrons. The lowest BCUT2D eigenvalue weighted by Gasteiger charge is -2.19. The molecular formula is C13H18N2O2S. The molecule has 2 aliphatic rings. The lowest BCUT2D eigenvalue weighted by atomic mass is 10.1. The topological polar surface area (TPSA) is 51.2 Å². The highest BCUT2D eigenvalue weighted by Crippen LogP contribution is 2.40. The van der Waals surface area contributed by atoms with Crippen LogP contribution in [-0.2, 0) is 4.74 Å². The minimum Gasteiger partial charge on any atom is -0.376 e. The van der Waals surface area contributed by atoms with Gasteiger partial charge in [-0.2, -0.15) is 4.37 Å². The lowest BCUT2D eigenvalue weighted by molar-refractivity contribution is 0.0898. The molecule has 1 aliphatic heterocycles. The SMILES string of the molecule is CC(=O)c1c(C)nsc1NC1CCOC1C1CC1. The number of ketones is 1. The smallest absolute Gasteiger partial charge is 0.164 e. The first kappa shape index (κ1) is 12.1. The van der Waals surface area contributed by atoms with Gasteiger partial charge in [0.15, 0.2) is 5.78 Å². The molecule has 4 nitrogen and oxygen atoms in total. The molecule has 2 atom stereocenters. The third kappa shape index (κ3) is 2.17. The molecule has 0 amide bonds. The van der Waals surface area contributed by atoms with Crippen LogP contribution in [0.1, 0.15) is 42.2 Å². The fraction of sp³-hybridized carbons (Fsp3) is 0.692. The van der Waals surface area contributed by atoms with E-state index in [-0.39, 0.29) is 5.78 Å². The van der Waals surface area contributed by atoms with Crippen molar-refractivity contribution in [3.8, 4) is 0 Å². The molecule has 2 heterocycles. The second kappa shape index (κ2) is 4.63. The number of nitrogens with one attached hydrogen (secondary N) is 1. The van der Waals surface area contributed by atoms with Crippen molar-refractivity contribution in [1.29, 1.82) is 0 Å². The van der Waals surface area contributed by atoms with Crippen molar-refractivity contribution in [2.24, 2.45) is 5.92 Å². The van der Waals surface area contributed by atoms with Crippen LogP contribution < -0.4 is 5.32 Å². The first-order valence-electron chi connectivity index (χ1n) is 6.52. The van der Waals surface area contributed by atoms with Crippen molar-refractivity contribution in [3.05, 3.63) is 11.3 Å². The van der Waals surface area contributed by atoms with Crippen molar-refractivity contribution in [2.75, 3.05) is 11.9 Å². The minimum atomic E-state index is 0.0886. The standard InChI is InChI=1S/C13H18N2O2S/c1-7-11(8(2)16)13(18-15-7)14-10-5-6-17-12(10)9-3-4-9/h9-10,12,14H,3-6H2,1-2H3. The zero-order chi connectivity index (χ0) is 12.7. The van der Waals surface area contributed by atoms with Gasteiger partial charge in [-0.25, -0.2) is 0 Å². The number of aryl methyl sites for hydroxylation is 1. The number of ether oxygens (including phenoxy) is 1. The number of carbonyl (C=O) groups is 1. The Labute approximate surface area is 111 Å². The maximum Gasteiger partial charge on any atom is 0.164 e. The summed E-state index contributed by atoms with van der Waals surface area (Å²) in [5, 5.41) is 4.41. The van der Waals surface area contributed by atoms with Crippen LogP contribution in [0.25, 0.3) is 0 Å². The van der Waals surface area contributed by atoms with E-state index in [4.69, 9.17) is 4.74 Å². The molecule has 1 aromatic rings. The molecule has 2 fully saturated rings. The van der Waals surface area contributed by atoms with Crippen molar-refractivity contribution in [3.63, 3.8) is 0 Å². The van der Waals surface area contributed by atoms with Crippen LogP contribution in [0.15, 0.2) is 0 Å². The molecule has 0 aromatic carbocycles. The van der Waals surface area contributed by atoms with Gasteiger partial charge in [0.05, 0.1) is 23.4 Å². The minimum absolute atomic E-state index is 0.0886.